The molecule has 3 aromatic rings. The number of amides is 1. The molecule has 0 radical (unpaired) electrons. The summed E-state index contributed by atoms with van der Waals surface area (Å²) >= 11 is 0. The lowest BCUT2D eigenvalue weighted by atomic mass is 9.90. The Morgan fingerprint density at radius 3 is 2.42 bits per heavy atom. The topological polar surface area (TPSA) is 78.0 Å². The summed E-state index contributed by atoms with van der Waals surface area (Å²) in [5.74, 6) is -0.657. The monoisotopic (exact) mass is 445 g/mol. The van der Waals surface area contributed by atoms with Crippen molar-refractivity contribution in [1.82, 2.24) is 9.88 Å². The zero-order chi connectivity index (χ0) is 23.2. The molecule has 0 atom stereocenters. The second-order valence-corrected chi connectivity index (χ2v) is 9.10. The summed E-state index contributed by atoms with van der Waals surface area (Å²) in [6, 6.07) is 11.9. The van der Waals surface area contributed by atoms with Crippen LogP contribution >= 0.6 is 0 Å². The van der Waals surface area contributed by atoms with E-state index in [-0.39, 0.29) is 25.4 Å². The highest BCUT2D eigenvalue weighted by Crippen LogP contribution is 2.50. The van der Waals surface area contributed by atoms with Crippen molar-refractivity contribution in [3.63, 3.8) is 0 Å². The maximum Gasteiger partial charge on any atom is 0.258 e. The lowest BCUT2D eigenvalue weighted by molar-refractivity contribution is -0.0546. The number of fused-ring (bicyclic) bond motifs is 1. The van der Waals surface area contributed by atoms with Gasteiger partial charge in [-0.25, -0.2) is 11.0 Å². The number of aliphatic hydroxyl groups excluding tert-OH is 1. The molecule has 2 fully saturated rings. The minimum Gasteiger partial charge on any atom is -0.393 e. The Kier molecular flexibility index (Phi) is 5.15. The van der Waals surface area contributed by atoms with Gasteiger partial charge in [0.2, 0.25) is 0 Å². The van der Waals surface area contributed by atoms with Gasteiger partial charge in [-0.1, -0.05) is 24.3 Å². The number of benzene rings is 2. The standard InChI is InChI=1S/C26H24FN3O3/c1-28-26(8-9-26)18-4-2-17(3-5-18)23-20-14-19(27)6-7-22(20)29-15-21(23)24(32)30-12-10-25(33,16-31)11-13-30/h2-7,14-15,31,33H,8-13,16H2. The van der Waals surface area contributed by atoms with E-state index in [1.165, 1.54) is 18.3 Å². The number of nitrogens with zero attached hydrogens (tertiary/aromatic N) is 3. The van der Waals surface area contributed by atoms with Crippen molar-refractivity contribution in [1.29, 1.82) is 0 Å². The number of aliphatic hydroxyl groups is 2. The molecule has 2 heterocycles. The van der Waals surface area contributed by atoms with Crippen molar-refractivity contribution in [2.75, 3.05) is 19.7 Å². The van der Waals surface area contributed by atoms with Crippen molar-refractivity contribution in [2.24, 2.45) is 0 Å². The Hall–Kier alpha value is -3.34. The number of hydrogen-bond acceptors (Lipinski definition) is 4. The van der Waals surface area contributed by atoms with Gasteiger partial charge in [-0.15, -0.1) is 0 Å². The Morgan fingerprint density at radius 1 is 1.12 bits per heavy atom. The van der Waals surface area contributed by atoms with Gasteiger partial charge in [0, 0.05) is 48.6 Å². The molecule has 7 heteroatoms. The maximum atomic E-state index is 14.2. The van der Waals surface area contributed by atoms with Crippen LogP contribution in [0, 0.1) is 12.4 Å². The normalized spacial score (nSPS) is 18.7. The molecular formula is C26H24FN3O3. The van der Waals surface area contributed by atoms with Crippen molar-refractivity contribution in [3.8, 4) is 11.1 Å². The van der Waals surface area contributed by atoms with Gasteiger partial charge in [0.15, 0.2) is 0 Å². The van der Waals surface area contributed by atoms with E-state index in [4.69, 9.17) is 6.57 Å². The maximum absolute atomic E-state index is 14.2. The van der Waals surface area contributed by atoms with E-state index < -0.39 is 17.0 Å². The second kappa shape index (κ2) is 7.91. The molecule has 2 aromatic carbocycles. The molecule has 1 saturated heterocycles. The third kappa shape index (κ3) is 3.75. The van der Waals surface area contributed by atoms with Crippen LogP contribution in [-0.2, 0) is 5.54 Å². The van der Waals surface area contributed by atoms with Gasteiger partial charge >= 0.3 is 0 Å². The third-order valence-corrected chi connectivity index (χ3v) is 6.98. The van der Waals surface area contributed by atoms with Gasteiger partial charge in [-0.2, -0.15) is 0 Å². The van der Waals surface area contributed by atoms with Crippen LogP contribution in [0.15, 0.2) is 48.7 Å². The molecule has 0 spiro atoms. The lowest BCUT2D eigenvalue weighted by Crippen LogP contribution is -2.48. The highest BCUT2D eigenvalue weighted by Gasteiger charge is 2.52. The smallest absolute Gasteiger partial charge is 0.258 e. The van der Waals surface area contributed by atoms with Crippen LogP contribution in [0.5, 0.6) is 0 Å². The molecule has 2 aliphatic rings. The number of likely N-dealkylation sites (tertiary alicyclic amines) is 1. The van der Waals surface area contributed by atoms with Crippen molar-refractivity contribution in [3.05, 3.63) is 77.0 Å². The Bertz CT molecular complexity index is 1270. The van der Waals surface area contributed by atoms with Gasteiger partial charge in [0.1, 0.15) is 5.82 Å². The Balaban J connectivity index is 1.58. The van der Waals surface area contributed by atoms with Crippen LogP contribution in [0.25, 0.3) is 26.9 Å². The number of aromatic nitrogens is 1. The van der Waals surface area contributed by atoms with E-state index in [0.717, 1.165) is 24.0 Å². The second-order valence-electron chi connectivity index (χ2n) is 9.10. The summed E-state index contributed by atoms with van der Waals surface area (Å²) < 4.78 is 14.2. The van der Waals surface area contributed by atoms with E-state index in [9.17, 15) is 19.4 Å². The zero-order valence-corrected chi connectivity index (χ0v) is 18.1. The van der Waals surface area contributed by atoms with E-state index in [2.05, 4.69) is 9.83 Å². The number of rotatable bonds is 4. The van der Waals surface area contributed by atoms with Crippen LogP contribution in [0.2, 0.25) is 0 Å². The fourth-order valence-corrected chi connectivity index (χ4v) is 4.62. The molecule has 0 unspecified atom stereocenters. The van der Waals surface area contributed by atoms with Crippen LogP contribution in [0.4, 0.5) is 4.39 Å². The summed E-state index contributed by atoms with van der Waals surface area (Å²) in [4.78, 5) is 23.3. The molecular weight excluding hydrogens is 421 g/mol. The lowest BCUT2D eigenvalue weighted by Gasteiger charge is -2.37. The minimum atomic E-state index is -1.16. The van der Waals surface area contributed by atoms with Gasteiger partial charge in [-0.3, -0.25) is 9.78 Å². The zero-order valence-electron chi connectivity index (χ0n) is 18.1. The molecule has 33 heavy (non-hydrogen) atoms. The first-order chi connectivity index (χ1) is 15.9. The van der Waals surface area contributed by atoms with Gasteiger partial charge in [0.25, 0.3) is 11.4 Å². The predicted molar refractivity (Wildman–Crippen MR) is 122 cm³/mol. The number of hydrogen-bond donors (Lipinski definition) is 2. The van der Waals surface area contributed by atoms with E-state index in [0.29, 0.717) is 35.1 Å². The van der Waals surface area contributed by atoms with Gasteiger partial charge in [-0.05, 0) is 36.6 Å². The summed E-state index contributed by atoms with van der Waals surface area (Å²) in [6.45, 7) is 7.77. The van der Waals surface area contributed by atoms with Crippen LogP contribution in [0.3, 0.4) is 0 Å². The minimum absolute atomic E-state index is 0.243. The fourth-order valence-electron chi connectivity index (χ4n) is 4.62. The van der Waals surface area contributed by atoms with Gasteiger partial charge < -0.3 is 20.0 Å². The highest BCUT2D eigenvalue weighted by atomic mass is 19.1. The quantitative estimate of drug-likeness (QED) is 0.597. The third-order valence-electron chi connectivity index (χ3n) is 6.98. The molecule has 1 saturated carbocycles. The van der Waals surface area contributed by atoms with E-state index >= 15 is 0 Å². The average Bonchev–Trinajstić information content (AvgIpc) is 3.65. The van der Waals surface area contributed by atoms with Crippen molar-refractivity contribution in [2.45, 2.75) is 36.8 Å². The fraction of sp³-hybridized carbons (Fsp3) is 0.346. The van der Waals surface area contributed by atoms with Crippen LogP contribution in [0.1, 0.15) is 41.6 Å². The van der Waals surface area contributed by atoms with E-state index in [1.807, 2.05) is 24.3 Å². The summed E-state index contributed by atoms with van der Waals surface area (Å²) in [5, 5.41) is 20.3. The highest BCUT2D eigenvalue weighted by molar-refractivity contribution is 6.08. The molecule has 5 rings (SSSR count). The molecule has 1 aliphatic heterocycles. The SMILES string of the molecule is [C-]#[N+]C1(c2ccc(-c3c(C(=O)N4CCC(O)(CO)CC4)cnc4ccc(F)cc34)cc2)CC1. The number of pyridine rings is 1. The molecule has 168 valence electrons. The molecule has 1 aromatic heterocycles. The number of carbonyl (C=O) groups excluding carboxylic acids is 1. The first-order valence-electron chi connectivity index (χ1n) is 11.1. The summed E-state index contributed by atoms with van der Waals surface area (Å²) in [6.07, 6.45) is 3.79. The first kappa shape index (κ1) is 21.5. The molecule has 6 nitrogen and oxygen atoms in total. The Labute approximate surface area is 191 Å². The number of halogens is 1. The predicted octanol–water partition coefficient (Wildman–Crippen LogP) is 3.91. The molecule has 1 amide bonds. The molecule has 1 aliphatic carbocycles. The molecule has 0 bridgehead atoms. The first-order valence-corrected chi connectivity index (χ1v) is 11.1. The summed E-state index contributed by atoms with van der Waals surface area (Å²) in [5.41, 5.74) is 1.67. The average molecular weight is 445 g/mol. The molecule has 2 N–H and O–H groups in total. The van der Waals surface area contributed by atoms with Crippen molar-refractivity contribution < 1.29 is 19.4 Å². The number of piperidine rings is 1. The largest absolute Gasteiger partial charge is 0.393 e. The number of carbonyl (C=O) groups is 1. The van der Waals surface area contributed by atoms with Gasteiger partial charge in [0.05, 0.1) is 23.3 Å². The van der Waals surface area contributed by atoms with Crippen LogP contribution < -0.4 is 0 Å². The Morgan fingerprint density at radius 2 is 1.82 bits per heavy atom. The van der Waals surface area contributed by atoms with Crippen LogP contribution in [-0.4, -0.2) is 51.3 Å². The summed E-state index contributed by atoms with van der Waals surface area (Å²) in [7, 11) is 0. The van der Waals surface area contributed by atoms with E-state index in [1.54, 1.807) is 11.0 Å². The van der Waals surface area contributed by atoms with Crippen molar-refractivity contribution >= 4 is 16.8 Å².